The number of likely N-dealkylation sites (tertiary alicyclic amines) is 1. The first-order valence-corrected chi connectivity index (χ1v) is 11.4. The number of hydrogen-bond acceptors (Lipinski definition) is 6. The predicted molar refractivity (Wildman–Crippen MR) is 116 cm³/mol. The molecule has 0 radical (unpaired) electrons. The highest BCUT2D eigenvalue weighted by atomic mass is 19.1. The number of nitrogens with one attached hydrogen (secondary N) is 1. The smallest absolute Gasteiger partial charge is 0.309 e. The second kappa shape index (κ2) is 9.94. The highest BCUT2D eigenvalue weighted by Crippen LogP contribution is 2.28. The molecule has 4 rings (SSSR count). The molecule has 10 heteroatoms. The van der Waals surface area contributed by atoms with Gasteiger partial charge in [-0.15, -0.1) is 10.2 Å². The Morgan fingerprint density at radius 2 is 1.88 bits per heavy atom. The van der Waals surface area contributed by atoms with Gasteiger partial charge in [-0.05, 0) is 31.4 Å². The number of piperidine rings is 1. The SMILES string of the molecule is CN(C)C(=O)[C@H]1CN(C2CCCCC2)CC[C@@H]1NC(=O)c1nnc(-c2ccc(F)cc2F)o1. The number of aromatic nitrogens is 2. The van der Waals surface area contributed by atoms with E-state index >= 15 is 0 Å². The minimum Gasteiger partial charge on any atom is -0.412 e. The molecule has 178 valence electrons. The molecule has 2 aliphatic rings. The average molecular weight is 462 g/mol. The number of benzene rings is 1. The van der Waals surface area contributed by atoms with E-state index in [2.05, 4.69) is 20.4 Å². The summed E-state index contributed by atoms with van der Waals surface area (Å²) < 4.78 is 32.5. The fourth-order valence-electron chi connectivity index (χ4n) is 4.83. The maximum absolute atomic E-state index is 14.0. The standard InChI is InChI=1S/C23H29F2N5O3/c1-29(2)23(32)17-13-30(15-6-4-3-5-7-15)11-10-19(17)26-20(31)22-28-27-21(33-22)16-9-8-14(24)12-18(16)25/h8-9,12,15,17,19H,3-7,10-11,13H2,1-2H3,(H,26,31)/t17-,19-/m0/s1. The average Bonchev–Trinajstić information content (AvgIpc) is 3.29. The van der Waals surface area contributed by atoms with Gasteiger partial charge >= 0.3 is 11.8 Å². The molecule has 0 unspecified atom stereocenters. The molecule has 0 spiro atoms. The Balaban J connectivity index is 1.47. The van der Waals surface area contributed by atoms with Crippen LogP contribution in [0.2, 0.25) is 0 Å². The Morgan fingerprint density at radius 3 is 2.58 bits per heavy atom. The number of halogens is 2. The third-order valence-corrected chi connectivity index (χ3v) is 6.59. The van der Waals surface area contributed by atoms with Crippen molar-refractivity contribution in [3.05, 3.63) is 35.7 Å². The Morgan fingerprint density at radius 1 is 1.12 bits per heavy atom. The van der Waals surface area contributed by atoms with Crippen LogP contribution in [0.25, 0.3) is 11.5 Å². The Hall–Kier alpha value is -2.88. The van der Waals surface area contributed by atoms with Gasteiger partial charge in [0.1, 0.15) is 11.6 Å². The number of carbonyl (C=O) groups is 2. The highest BCUT2D eigenvalue weighted by molar-refractivity contribution is 5.90. The van der Waals surface area contributed by atoms with Gasteiger partial charge < -0.3 is 14.6 Å². The molecule has 2 fully saturated rings. The third kappa shape index (κ3) is 5.21. The number of hydrogen-bond donors (Lipinski definition) is 1. The van der Waals surface area contributed by atoms with Crippen LogP contribution in [0.4, 0.5) is 8.78 Å². The molecule has 1 aromatic carbocycles. The number of amides is 2. The van der Waals surface area contributed by atoms with Gasteiger partial charge in [0.05, 0.1) is 11.5 Å². The molecule has 1 aliphatic carbocycles. The van der Waals surface area contributed by atoms with Crippen LogP contribution in [0.1, 0.15) is 49.2 Å². The normalized spacial score (nSPS) is 22.2. The lowest BCUT2D eigenvalue weighted by Gasteiger charge is -2.43. The molecule has 1 aliphatic heterocycles. The lowest BCUT2D eigenvalue weighted by Crippen LogP contribution is -2.57. The lowest BCUT2D eigenvalue weighted by atomic mass is 9.86. The molecule has 2 amide bonds. The van der Waals surface area contributed by atoms with E-state index in [0.29, 0.717) is 25.1 Å². The van der Waals surface area contributed by atoms with Crippen molar-refractivity contribution >= 4 is 11.8 Å². The summed E-state index contributed by atoms with van der Waals surface area (Å²) in [6.45, 7) is 1.38. The molecule has 1 saturated heterocycles. The maximum atomic E-state index is 14.0. The summed E-state index contributed by atoms with van der Waals surface area (Å²) in [4.78, 5) is 29.7. The van der Waals surface area contributed by atoms with Gasteiger partial charge in [-0.25, -0.2) is 8.78 Å². The van der Waals surface area contributed by atoms with Gasteiger partial charge in [-0.1, -0.05) is 19.3 Å². The molecule has 1 N–H and O–H groups in total. The van der Waals surface area contributed by atoms with E-state index in [1.165, 1.54) is 25.3 Å². The molecular formula is C23H29F2N5O3. The summed E-state index contributed by atoms with van der Waals surface area (Å²) in [6.07, 6.45) is 6.59. The van der Waals surface area contributed by atoms with E-state index in [-0.39, 0.29) is 29.3 Å². The van der Waals surface area contributed by atoms with Gasteiger partial charge in [-0.3, -0.25) is 14.5 Å². The first-order valence-electron chi connectivity index (χ1n) is 11.4. The highest BCUT2D eigenvalue weighted by Gasteiger charge is 2.39. The van der Waals surface area contributed by atoms with Crippen LogP contribution in [-0.2, 0) is 4.79 Å². The summed E-state index contributed by atoms with van der Waals surface area (Å²) in [5.41, 5.74) is -0.0931. The Labute approximate surface area is 191 Å². The fraction of sp³-hybridized carbons (Fsp3) is 0.565. The van der Waals surface area contributed by atoms with E-state index in [9.17, 15) is 18.4 Å². The maximum Gasteiger partial charge on any atom is 0.309 e. The van der Waals surface area contributed by atoms with Gasteiger partial charge in [-0.2, -0.15) is 0 Å². The molecule has 2 atom stereocenters. The first-order chi connectivity index (χ1) is 15.8. The summed E-state index contributed by atoms with van der Waals surface area (Å²) >= 11 is 0. The topological polar surface area (TPSA) is 91.6 Å². The summed E-state index contributed by atoms with van der Waals surface area (Å²) in [5.74, 6) is -3.20. The lowest BCUT2D eigenvalue weighted by molar-refractivity contribution is -0.136. The van der Waals surface area contributed by atoms with Crippen molar-refractivity contribution in [1.29, 1.82) is 0 Å². The van der Waals surface area contributed by atoms with Gasteiger partial charge in [0.15, 0.2) is 0 Å². The fourth-order valence-corrected chi connectivity index (χ4v) is 4.83. The zero-order chi connectivity index (χ0) is 23.5. The van der Waals surface area contributed by atoms with Crippen LogP contribution in [-0.4, -0.2) is 71.1 Å². The second-order valence-corrected chi connectivity index (χ2v) is 9.03. The second-order valence-electron chi connectivity index (χ2n) is 9.03. The molecule has 33 heavy (non-hydrogen) atoms. The van der Waals surface area contributed by atoms with Crippen LogP contribution >= 0.6 is 0 Å². The van der Waals surface area contributed by atoms with Crippen molar-refractivity contribution in [2.45, 2.75) is 50.6 Å². The summed E-state index contributed by atoms with van der Waals surface area (Å²) in [5, 5.41) is 10.3. The van der Waals surface area contributed by atoms with Crippen LogP contribution in [0, 0.1) is 17.6 Å². The number of rotatable bonds is 5. The zero-order valence-electron chi connectivity index (χ0n) is 18.9. The number of carbonyl (C=O) groups excluding carboxylic acids is 2. The van der Waals surface area contributed by atoms with Crippen molar-refractivity contribution in [2.75, 3.05) is 27.2 Å². The van der Waals surface area contributed by atoms with Crippen molar-refractivity contribution in [3.8, 4) is 11.5 Å². The molecule has 1 saturated carbocycles. The third-order valence-electron chi connectivity index (χ3n) is 6.59. The van der Waals surface area contributed by atoms with Crippen LogP contribution in [0.5, 0.6) is 0 Å². The van der Waals surface area contributed by atoms with Crippen molar-refractivity contribution < 1.29 is 22.8 Å². The van der Waals surface area contributed by atoms with Crippen molar-refractivity contribution in [3.63, 3.8) is 0 Å². The van der Waals surface area contributed by atoms with Crippen LogP contribution in [0.15, 0.2) is 22.6 Å². The molecular weight excluding hydrogens is 432 g/mol. The molecule has 8 nitrogen and oxygen atoms in total. The first kappa shape index (κ1) is 23.3. The van der Waals surface area contributed by atoms with E-state index in [4.69, 9.17) is 4.42 Å². The van der Waals surface area contributed by atoms with Crippen LogP contribution in [0.3, 0.4) is 0 Å². The monoisotopic (exact) mass is 461 g/mol. The Kier molecular flexibility index (Phi) is 7.02. The number of nitrogens with zero attached hydrogens (tertiary/aromatic N) is 4. The zero-order valence-corrected chi connectivity index (χ0v) is 18.9. The summed E-state index contributed by atoms with van der Waals surface area (Å²) in [7, 11) is 3.42. The molecule has 2 aromatic rings. The van der Waals surface area contributed by atoms with Crippen LogP contribution < -0.4 is 5.32 Å². The van der Waals surface area contributed by atoms with E-state index in [0.717, 1.165) is 25.5 Å². The van der Waals surface area contributed by atoms with Crippen molar-refractivity contribution in [2.24, 2.45) is 5.92 Å². The van der Waals surface area contributed by atoms with E-state index in [1.54, 1.807) is 19.0 Å². The van der Waals surface area contributed by atoms with E-state index in [1.807, 2.05) is 0 Å². The minimum atomic E-state index is -0.864. The predicted octanol–water partition coefficient (Wildman–Crippen LogP) is 2.86. The van der Waals surface area contributed by atoms with Gasteiger partial charge in [0.2, 0.25) is 5.91 Å². The Bertz CT molecular complexity index is 1010. The summed E-state index contributed by atoms with van der Waals surface area (Å²) in [6, 6.07) is 3.05. The molecule has 2 heterocycles. The minimum absolute atomic E-state index is 0.0413. The van der Waals surface area contributed by atoms with Gasteiger partial charge in [0, 0.05) is 45.3 Å². The molecule has 1 aromatic heterocycles. The quantitative estimate of drug-likeness (QED) is 0.736. The largest absolute Gasteiger partial charge is 0.412 e. The van der Waals surface area contributed by atoms with Crippen molar-refractivity contribution in [1.82, 2.24) is 25.3 Å². The van der Waals surface area contributed by atoms with E-state index < -0.39 is 23.5 Å². The van der Waals surface area contributed by atoms with Gasteiger partial charge in [0.25, 0.3) is 5.89 Å². The molecule has 0 bridgehead atoms.